The first-order valence-corrected chi connectivity index (χ1v) is 2.12. The maximum atomic E-state index is 10.3. The minimum absolute atomic E-state index is 0.463. The van der Waals surface area contributed by atoms with Crippen molar-refractivity contribution in [1.29, 1.82) is 0 Å². The Hall–Kier alpha value is -1.59. The molecule has 2 N–H and O–H groups in total. The molecule has 1 aromatic heterocycles. The number of hydrogen-bond donors (Lipinski definition) is 2. The summed E-state index contributed by atoms with van der Waals surface area (Å²) in [7, 11) is 0. The molecule has 1 aromatic rings. The normalized spacial score (nSPS) is 9.33. The van der Waals surface area contributed by atoms with E-state index in [1.54, 1.807) is 0 Å². The van der Waals surface area contributed by atoms with Crippen molar-refractivity contribution in [3.05, 3.63) is 26.7 Å². The van der Waals surface area contributed by atoms with Crippen molar-refractivity contribution >= 4 is 5.69 Å². The largest absolute Gasteiger partial charge is 0.352 e. The molecule has 0 aliphatic rings. The molecule has 0 radical (unpaired) electrons. The predicted octanol–water partition coefficient (Wildman–Crippen LogP) is -0.389. The molecule has 0 fully saturated rings. The predicted molar refractivity (Wildman–Crippen MR) is 28.1 cm³/mol. The van der Waals surface area contributed by atoms with Crippen LogP contribution in [0.4, 0.5) is 5.69 Å². The topological polar surface area (TPSA) is 91.8 Å². The molecule has 0 atom stereocenters. The van der Waals surface area contributed by atoms with Gasteiger partial charge < -0.3 is 0 Å². The SMILES string of the molecule is O=c1[nH][nH]cc1[N+](=O)[O-]. The maximum absolute atomic E-state index is 10.3. The molecule has 0 amide bonds. The van der Waals surface area contributed by atoms with E-state index in [1.165, 1.54) is 0 Å². The number of rotatable bonds is 1. The second-order valence-electron chi connectivity index (χ2n) is 1.39. The van der Waals surface area contributed by atoms with E-state index in [0.717, 1.165) is 6.20 Å². The molecule has 0 bridgehead atoms. The summed E-state index contributed by atoms with van der Waals surface area (Å²) in [6.45, 7) is 0. The summed E-state index contributed by atoms with van der Waals surface area (Å²) in [6, 6.07) is 0. The highest BCUT2D eigenvalue weighted by molar-refractivity contribution is 5.19. The van der Waals surface area contributed by atoms with Gasteiger partial charge in [-0.15, -0.1) is 0 Å². The molecule has 0 spiro atoms. The van der Waals surface area contributed by atoms with Gasteiger partial charge in [0.1, 0.15) is 6.20 Å². The molecule has 0 aliphatic carbocycles. The summed E-state index contributed by atoms with van der Waals surface area (Å²) >= 11 is 0. The lowest BCUT2D eigenvalue weighted by atomic mass is 10.6. The molecule has 0 saturated carbocycles. The number of H-pyrrole nitrogens is 2. The molecular formula is C3H3N3O3. The van der Waals surface area contributed by atoms with Crippen LogP contribution in [0.1, 0.15) is 0 Å². The fourth-order valence-corrected chi connectivity index (χ4v) is 0.435. The van der Waals surface area contributed by atoms with E-state index in [4.69, 9.17) is 0 Å². The lowest BCUT2D eigenvalue weighted by Crippen LogP contribution is -2.04. The van der Waals surface area contributed by atoms with Crippen LogP contribution in [0, 0.1) is 10.1 Å². The highest BCUT2D eigenvalue weighted by Gasteiger charge is 2.10. The van der Waals surface area contributed by atoms with Crippen LogP contribution in [0.5, 0.6) is 0 Å². The molecule has 6 nitrogen and oxygen atoms in total. The first kappa shape index (κ1) is 5.54. The second kappa shape index (κ2) is 1.73. The van der Waals surface area contributed by atoms with E-state index >= 15 is 0 Å². The van der Waals surface area contributed by atoms with Gasteiger partial charge in [-0.3, -0.25) is 25.1 Å². The van der Waals surface area contributed by atoms with Gasteiger partial charge in [-0.1, -0.05) is 0 Å². The first-order valence-electron chi connectivity index (χ1n) is 2.12. The fraction of sp³-hybridized carbons (Fsp3) is 0. The highest BCUT2D eigenvalue weighted by Crippen LogP contribution is 1.95. The lowest BCUT2D eigenvalue weighted by molar-refractivity contribution is -0.386. The number of nitrogens with one attached hydrogen (secondary N) is 2. The van der Waals surface area contributed by atoms with Crippen LogP contribution < -0.4 is 5.56 Å². The molecular weight excluding hydrogens is 126 g/mol. The quantitative estimate of drug-likeness (QED) is 0.399. The minimum atomic E-state index is -0.755. The molecule has 0 aromatic carbocycles. The van der Waals surface area contributed by atoms with Gasteiger partial charge in [0.05, 0.1) is 4.92 Å². The number of nitro groups is 1. The van der Waals surface area contributed by atoms with Crippen LogP contribution in [0.15, 0.2) is 11.0 Å². The van der Waals surface area contributed by atoms with Gasteiger partial charge in [0.25, 0.3) is 0 Å². The Morgan fingerprint density at radius 2 is 2.33 bits per heavy atom. The Bertz CT molecular complexity index is 272. The molecule has 1 rings (SSSR count). The Morgan fingerprint density at radius 1 is 1.67 bits per heavy atom. The molecule has 9 heavy (non-hydrogen) atoms. The summed E-state index contributed by atoms with van der Waals surface area (Å²) in [5.74, 6) is 0. The third-order valence-electron chi connectivity index (χ3n) is 0.824. The molecule has 0 saturated heterocycles. The Kier molecular flexibility index (Phi) is 1.07. The summed E-state index contributed by atoms with van der Waals surface area (Å²) in [5, 5.41) is 14.1. The van der Waals surface area contributed by atoms with E-state index in [9.17, 15) is 14.9 Å². The summed E-state index contributed by atoms with van der Waals surface area (Å²) in [5.41, 5.74) is -1.17. The zero-order valence-corrected chi connectivity index (χ0v) is 4.25. The van der Waals surface area contributed by atoms with Gasteiger partial charge >= 0.3 is 11.2 Å². The van der Waals surface area contributed by atoms with E-state index in [-0.39, 0.29) is 0 Å². The lowest BCUT2D eigenvalue weighted by Gasteiger charge is -1.75. The van der Waals surface area contributed by atoms with Crippen molar-refractivity contribution < 1.29 is 4.92 Å². The molecule has 1 heterocycles. The molecule has 48 valence electrons. The van der Waals surface area contributed by atoms with Crippen molar-refractivity contribution in [2.24, 2.45) is 0 Å². The zero-order chi connectivity index (χ0) is 6.85. The Morgan fingerprint density at radius 3 is 2.56 bits per heavy atom. The number of aromatic nitrogens is 2. The average molecular weight is 129 g/mol. The number of aromatic amines is 2. The third kappa shape index (κ3) is 0.809. The summed E-state index contributed by atoms with van der Waals surface area (Å²) in [6.07, 6.45) is 1.00. The van der Waals surface area contributed by atoms with Gasteiger partial charge in [-0.2, -0.15) is 0 Å². The average Bonchev–Trinajstić information content (AvgIpc) is 2.13. The molecule has 6 heteroatoms. The van der Waals surface area contributed by atoms with Crippen LogP contribution in [0.25, 0.3) is 0 Å². The van der Waals surface area contributed by atoms with Crippen LogP contribution in [-0.4, -0.2) is 15.1 Å². The van der Waals surface area contributed by atoms with Crippen LogP contribution in [0.2, 0.25) is 0 Å². The first-order chi connectivity index (χ1) is 4.22. The van der Waals surface area contributed by atoms with E-state index in [2.05, 4.69) is 5.10 Å². The van der Waals surface area contributed by atoms with Crippen molar-refractivity contribution in [3.63, 3.8) is 0 Å². The number of hydrogen-bond acceptors (Lipinski definition) is 3. The van der Waals surface area contributed by atoms with Crippen molar-refractivity contribution in [3.8, 4) is 0 Å². The molecule has 0 aliphatic heterocycles. The van der Waals surface area contributed by atoms with E-state index < -0.39 is 16.2 Å². The third-order valence-corrected chi connectivity index (χ3v) is 0.824. The molecule has 0 unspecified atom stereocenters. The van der Waals surface area contributed by atoms with Crippen molar-refractivity contribution in [2.75, 3.05) is 0 Å². The minimum Gasteiger partial charge on any atom is -0.298 e. The Labute approximate surface area is 48.6 Å². The standard InChI is InChI=1S/C3H3N3O3/c7-3-2(6(8)9)1-4-5-3/h1H,(H2,4,5,7). The smallest absolute Gasteiger partial charge is 0.298 e. The van der Waals surface area contributed by atoms with Crippen LogP contribution in [0.3, 0.4) is 0 Å². The van der Waals surface area contributed by atoms with Gasteiger partial charge in [0.15, 0.2) is 0 Å². The summed E-state index contributed by atoms with van der Waals surface area (Å²) < 4.78 is 0. The monoisotopic (exact) mass is 129 g/mol. The summed E-state index contributed by atoms with van der Waals surface area (Å²) in [4.78, 5) is 19.4. The van der Waals surface area contributed by atoms with Crippen molar-refractivity contribution in [2.45, 2.75) is 0 Å². The van der Waals surface area contributed by atoms with E-state index in [0.29, 0.717) is 0 Å². The maximum Gasteiger partial charge on any atom is 0.352 e. The van der Waals surface area contributed by atoms with Gasteiger partial charge in [-0.05, 0) is 0 Å². The zero-order valence-electron chi connectivity index (χ0n) is 4.25. The van der Waals surface area contributed by atoms with Gasteiger partial charge in [0.2, 0.25) is 0 Å². The fourth-order valence-electron chi connectivity index (χ4n) is 0.435. The van der Waals surface area contributed by atoms with Gasteiger partial charge in [0, 0.05) is 0 Å². The highest BCUT2D eigenvalue weighted by atomic mass is 16.6. The second-order valence-corrected chi connectivity index (χ2v) is 1.39. The van der Waals surface area contributed by atoms with Crippen LogP contribution in [-0.2, 0) is 0 Å². The number of nitrogens with zero attached hydrogens (tertiary/aromatic N) is 1. The van der Waals surface area contributed by atoms with E-state index in [1.807, 2.05) is 5.10 Å². The van der Waals surface area contributed by atoms with Crippen LogP contribution >= 0.6 is 0 Å². The van der Waals surface area contributed by atoms with Crippen molar-refractivity contribution in [1.82, 2.24) is 10.2 Å². The van der Waals surface area contributed by atoms with Gasteiger partial charge in [-0.25, -0.2) is 0 Å². The Balaban J connectivity index is 3.24.